The summed E-state index contributed by atoms with van der Waals surface area (Å²) >= 11 is 0. The van der Waals surface area contributed by atoms with Gasteiger partial charge >= 0.3 is 6.18 Å². The first kappa shape index (κ1) is 14.2. The molecule has 1 N–H and O–H groups in total. The van der Waals surface area contributed by atoms with E-state index in [0.717, 1.165) is 6.07 Å². The second-order valence-corrected chi connectivity index (χ2v) is 3.52. The number of phenols is 1. The number of pyridine rings is 1. The minimum absolute atomic E-state index is 0. The third kappa shape index (κ3) is 2.86. The van der Waals surface area contributed by atoms with Crippen molar-refractivity contribution >= 4 is 10.9 Å². The van der Waals surface area contributed by atoms with Crippen LogP contribution in [0.4, 0.5) is 13.2 Å². The summed E-state index contributed by atoms with van der Waals surface area (Å²) in [6.07, 6.45) is -4.46. The standard InChI is InChI=1S/C11H8F3NO.Zr/c1-6-2-3-7-4-8(11(12,13)14)5-9(16)10(7)15-6;/h2-5,16H,1H3;. The first-order chi connectivity index (χ1) is 7.38. The van der Waals surface area contributed by atoms with Crippen LogP contribution in [0.15, 0.2) is 24.3 Å². The number of fused-ring (bicyclic) bond motifs is 1. The van der Waals surface area contributed by atoms with Crippen LogP contribution in [0, 0.1) is 6.92 Å². The second kappa shape index (κ2) is 4.77. The van der Waals surface area contributed by atoms with Gasteiger partial charge in [0.05, 0.1) is 5.56 Å². The Kier molecular flexibility index (Phi) is 3.97. The number of aryl methyl sites for hydroxylation is 1. The van der Waals surface area contributed by atoms with Gasteiger partial charge in [-0.2, -0.15) is 13.2 Å². The molecule has 0 fully saturated rings. The van der Waals surface area contributed by atoms with Crippen molar-refractivity contribution in [2.24, 2.45) is 0 Å². The van der Waals surface area contributed by atoms with Crippen LogP contribution in [0.2, 0.25) is 0 Å². The van der Waals surface area contributed by atoms with Crippen molar-refractivity contribution in [2.45, 2.75) is 13.1 Å². The molecule has 0 aliphatic rings. The van der Waals surface area contributed by atoms with Gasteiger partial charge in [0.2, 0.25) is 0 Å². The monoisotopic (exact) mass is 317 g/mol. The van der Waals surface area contributed by atoms with Crippen LogP contribution in [-0.4, -0.2) is 10.1 Å². The number of hydrogen-bond donors (Lipinski definition) is 1. The Morgan fingerprint density at radius 1 is 1.18 bits per heavy atom. The average molecular weight is 318 g/mol. The van der Waals surface area contributed by atoms with E-state index in [9.17, 15) is 18.3 Å². The fraction of sp³-hybridized carbons (Fsp3) is 0.182. The Bertz CT molecular complexity index is 554. The van der Waals surface area contributed by atoms with Crippen molar-refractivity contribution in [1.29, 1.82) is 0 Å². The Morgan fingerprint density at radius 2 is 1.82 bits per heavy atom. The smallest absolute Gasteiger partial charge is 0.416 e. The van der Waals surface area contributed by atoms with Gasteiger partial charge in [-0.15, -0.1) is 0 Å². The van der Waals surface area contributed by atoms with Gasteiger partial charge in [0, 0.05) is 37.3 Å². The summed E-state index contributed by atoms with van der Waals surface area (Å²) in [7, 11) is 0. The summed E-state index contributed by atoms with van der Waals surface area (Å²) in [5, 5.41) is 9.75. The predicted molar refractivity (Wildman–Crippen MR) is 53.1 cm³/mol. The largest absolute Gasteiger partial charge is 0.506 e. The molecule has 2 nitrogen and oxygen atoms in total. The Morgan fingerprint density at radius 3 is 2.41 bits per heavy atom. The molecule has 0 bridgehead atoms. The summed E-state index contributed by atoms with van der Waals surface area (Å²) in [5.41, 5.74) is -0.0429. The summed E-state index contributed by atoms with van der Waals surface area (Å²) in [6.45, 7) is 1.70. The molecule has 0 radical (unpaired) electrons. The van der Waals surface area contributed by atoms with E-state index in [-0.39, 0.29) is 37.1 Å². The summed E-state index contributed by atoms with van der Waals surface area (Å²) in [6, 6.07) is 4.77. The second-order valence-electron chi connectivity index (χ2n) is 3.52. The molecule has 0 atom stereocenters. The zero-order valence-electron chi connectivity index (χ0n) is 8.84. The Balaban J connectivity index is 0.00000144. The molecule has 0 saturated carbocycles. The number of aromatic nitrogens is 1. The third-order valence-electron chi connectivity index (χ3n) is 2.24. The molecule has 0 aliphatic heterocycles. The van der Waals surface area contributed by atoms with Gasteiger partial charge in [0.25, 0.3) is 0 Å². The number of halogens is 3. The fourth-order valence-electron chi connectivity index (χ4n) is 1.48. The van der Waals surface area contributed by atoms with Gasteiger partial charge in [0.15, 0.2) is 0 Å². The molecular formula is C11H8F3NOZr. The molecule has 1 heterocycles. The predicted octanol–water partition coefficient (Wildman–Crippen LogP) is 3.27. The van der Waals surface area contributed by atoms with Gasteiger partial charge in [-0.05, 0) is 25.1 Å². The summed E-state index contributed by atoms with van der Waals surface area (Å²) in [5.74, 6) is -0.450. The summed E-state index contributed by atoms with van der Waals surface area (Å²) in [4.78, 5) is 3.98. The molecular weight excluding hydrogens is 310 g/mol. The first-order valence-electron chi connectivity index (χ1n) is 4.55. The van der Waals surface area contributed by atoms with E-state index >= 15 is 0 Å². The van der Waals surface area contributed by atoms with Crippen LogP contribution in [0.25, 0.3) is 10.9 Å². The Labute approximate surface area is 115 Å². The number of nitrogens with zero attached hydrogens (tertiary/aromatic N) is 1. The average Bonchev–Trinajstić information content (AvgIpc) is 2.17. The van der Waals surface area contributed by atoms with E-state index < -0.39 is 17.5 Å². The molecule has 2 aromatic rings. The molecule has 1 aromatic heterocycles. The zero-order chi connectivity index (χ0) is 11.9. The van der Waals surface area contributed by atoms with Crippen LogP contribution in [0.3, 0.4) is 0 Å². The molecule has 1 aromatic carbocycles. The number of phenolic OH excluding ortho intramolecular Hbond substituents is 1. The number of benzene rings is 1. The minimum atomic E-state index is -4.46. The van der Waals surface area contributed by atoms with E-state index in [1.807, 2.05) is 0 Å². The van der Waals surface area contributed by atoms with Crippen molar-refractivity contribution in [1.82, 2.24) is 4.98 Å². The number of hydrogen-bond acceptors (Lipinski definition) is 2. The number of aromatic hydroxyl groups is 1. The van der Waals surface area contributed by atoms with E-state index in [1.165, 1.54) is 6.07 Å². The van der Waals surface area contributed by atoms with Crippen LogP contribution in [0.1, 0.15) is 11.3 Å². The van der Waals surface area contributed by atoms with E-state index in [4.69, 9.17) is 0 Å². The van der Waals surface area contributed by atoms with Crippen LogP contribution < -0.4 is 0 Å². The van der Waals surface area contributed by atoms with Crippen LogP contribution >= 0.6 is 0 Å². The minimum Gasteiger partial charge on any atom is -0.506 e. The molecule has 6 heteroatoms. The van der Waals surface area contributed by atoms with Crippen molar-refractivity contribution < 1.29 is 44.5 Å². The quantitative estimate of drug-likeness (QED) is 0.809. The maximum absolute atomic E-state index is 12.4. The third-order valence-corrected chi connectivity index (χ3v) is 2.24. The van der Waals surface area contributed by atoms with E-state index in [0.29, 0.717) is 11.8 Å². The van der Waals surface area contributed by atoms with Gasteiger partial charge in [0.1, 0.15) is 11.3 Å². The van der Waals surface area contributed by atoms with E-state index in [1.54, 1.807) is 13.0 Å². The van der Waals surface area contributed by atoms with Gasteiger partial charge in [-0.25, -0.2) is 4.98 Å². The first-order valence-corrected chi connectivity index (χ1v) is 4.55. The Hall–Kier alpha value is -0.897. The molecule has 88 valence electrons. The maximum atomic E-state index is 12.4. The van der Waals surface area contributed by atoms with Crippen LogP contribution in [-0.2, 0) is 32.4 Å². The molecule has 0 unspecified atom stereocenters. The van der Waals surface area contributed by atoms with Crippen molar-refractivity contribution in [3.8, 4) is 5.75 Å². The molecule has 0 amide bonds. The van der Waals surface area contributed by atoms with Crippen molar-refractivity contribution in [2.75, 3.05) is 0 Å². The normalized spacial score (nSPS) is 11.3. The maximum Gasteiger partial charge on any atom is 0.416 e. The molecule has 0 spiro atoms. The number of alkyl halides is 3. The zero-order valence-corrected chi connectivity index (χ0v) is 11.3. The van der Waals surface area contributed by atoms with Crippen LogP contribution in [0.5, 0.6) is 5.75 Å². The van der Waals surface area contributed by atoms with E-state index in [2.05, 4.69) is 4.98 Å². The van der Waals surface area contributed by atoms with Crippen molar-refractivity contribution in [3.63, 3.8) is 0 Å². The fourth-order valence-corrected chi connectivity index (χ4v) is 1.48. The molecule has 0 saturated heterocycles. The SMILES string of the molecule is Cc1ccc2cc(C(F)(F)F)cc(O)c2n1.[Zr]. The van der Waals surface area contributed by atoms with Gasteiger partial charge < -0.3 is 5.11 Å². The van der Waals surface area contributed by atoms with Gasteiger partial charge in [-0.3, -0.25) is 0 Å². The van der Waals surface area contributed by atoms with Gasteiger partial charge in [-0.1, -0.05) is 6.07 Å². The summed E-state index contributed by atoms with van der Waals surface area (Å²) < 4.78 is 37.3. The molecule has 17 heavy (non-hydrogen) atoms. The molecule has 2 rings (SSSR count). The topological polar surface area (TPSA) is 33.1 Å². The molecule has 0 aliphatic carbocycles. The number of rotatable bonds is 0. The van der Waals surface area contributed by atoms with Crippen molar-refractivity contribution in [3.05, 3.63) is 35.5 Å².